The van der Waals surface area contributed by atoms with Crippen LogP contribution in [0.1, 0.15) is 33.9 Å². The van der Waals surface area contributed by atoms with Gasteiger partial charge in [0.05, 0.1) is 13.2 Å². The zero-order valence-corrected chi connectivity index (χ0v) is 11.9. The van der Waals surface area contributed by atoms with Crippen molar-refractivity contribution >= 4 is 23.0 Å². The molecule has 0 spiro atoms. The van der Waals surface area contributed by atoms with E-state index in [-0.39, 0.29) is 11.7 Å². The molecule has 1 aromatic rings. The van der Waals surface area contributed by atoms with Crippen LogP contribution in [0.25, 0.3) is 0 Å². The van der Waals surface area contributed by atoms with E-state index >= 15 is 0 Å². The number of carbonyl (C=O) groups is 2. The van der Waals surface area contributed by atoms with Crippen molar-refractivity contribution < 1.29 is 14.3 Å². The van der Waals surface area contributed by atoms with Gasteiger partial charge in [-0.1, -0.05) is 0 Å². The SMILES string of the molecule is Cc1cnc(C(=O)CCCC(=O)N2CCOCC2)s1. The molecule has 0 saturated carbocycles. The molecule has 2 heterocycles. The maximum atomic E-state index is 11.9. The van der Waals surface area contributed by atoms with E-state index in [1.807, 2.05) is 11.8 Å². The lowest BCUT2D eigenvalue weighted by Crippen LogP contribution is -2.40. The standard InChI is InChI=1S/C13H18N2O3S/c1-10-9-14-13(19-10)11(16)3-2-4-12(17)15-5-7-18-8-6-15/h9H,2-8H2,1H3. The van der Waals surface area contributed by atoms with Crippen LogP contribution < -0.4 is 0 Å². The highest BCUT2D eigenvalue weighted by molar-refractivity contribution is 7.13. The Balaban J connectivity index is 1.71. The van der Waals surface area contributed by atoms with E-state index in [1.165, 1.54) is 11.3 Å². The van der Waals surface area contributed by atoms with Gasteiger partial charge in [-0.25, -0.2) is 4.98 Å². The fourth-order valence-electron chi connectivity index (χ4n) is 1.96. The van der Waals surface area contributed by atoms with E-state index in [1.54, 1.807) is 6.20 Å². The van der Waals surface area contributed by atoms with Crippen molar-refractivity contribution in [2.45, 2.75) is 26.2 Å². The van der Waals surface area contributed by atoms with Crippen molar-refractivity contribution in [3.63, 3.8) is 0 Å². The molecule has 104 valence electrons. The molecule has 1 aromatic heterocycles. The van der Waals surface area contributed by atoms with Crippen molar-refractivity contribution in [2.75, 3.05) is 26.3 Å². The summed E-state index contributed by atoms with van der Waals surface area (Å²) in [5.41, 5.74) is 0. The summed E-state index contributed by atoms with van der Waals surface area (Å²) in [4.78, 5) is 30.6. The summed E-state index contributed by atoms with van der Waals surface area (Å²) in [6.45, 7) is 4.49. The van der Waals surface area contributed by atoms with Crippen LogP contribution in [-0.2, 0) is 9.53 Å². The molecule has 0 atom stereocenters. The number of Topliss-reactive ketones (excluding diaryl/α,β-unsaturated/α-hetero) is 1. The van der Waals surface area contributed by atoms with Crippen LogP contribution in [0.4, 0.5) is 0 Å². The lowest BCUT2D eigenvalue weighted by molar-refractivity contribution is -0.135. The summed E-state index contributed by atoms with van der Waals surface area (Å²) in [7, 11) is 0. The van der Waals surface area contributed by atoms with Gasteiger partial charge < -0.3 is 9.64 Å². The fourth-order valence-corrected chi connectivity index (χ4v) is 2.69. The predicted molar refractivity (Wildman–Crippen MR) is 72.4 cm³/mol. The zero-order chi connectivity index (χ0) is 13.7. The molecule has 0 aromatic carbocycles. The molecular formula is C13H18N2O3S. The second-order valence-electron chi connectivity index (χ2n) is 4.55. The Bertz CT molecular complexity index is 452. The molecule has 0 radical (unpaired) electrons. The smallest absolute Gasteiger partial charge is 0.222 e. The van der Waals surface area contributed by atoms with Crippen LogP contribution in [0.15, 0.2) is 6.20 Å². The van der Waals surface area contributed by atoms with Crippen LogP contribution in [0, 0.1) is 6.92 Å². The molecule has 1 aliphatic rings. The van der Waals surface area contributed by atoms with E-state index in [4.69, 9.17) is 4.74 Å². The van der Waals surface area contributed by atoms with Gasteiger partial charge in [-0.2, -0.15) is 0 Å². The second-order valence-corrected chi connectivity index (χ2v) is 5.78. The molecule has 1 amide bonds. The number of ether oxygens (including phenoxy) is 1. The molecule has 0 bridgehead atoms. The number of aryl methyl sites for hydroxylation is 1. The first-order valence-electron chi connectivity index (χ1n) is 6.48. The topological polar surface area (TPSA) is 59.5 Å². The second kappa shape index (κ2) is 6.77. The average Bonchev–Trinajstić information content (AvgIpc) is 2.86. The van der Waals surface area contributed by atoms with E-state index < -0.39 is 0 Å². The fraction of sp³-hybridized carbons (Fsp3) is 0.615. The first-order chi connectivity index (χ1) is 9.16. The third kappa shape index (κ3) is 4.11. The van der Waals surface area contributed by atoms with E-state index in [0.29, 0.717) is 50.6 Å². The number of thiazole rings is 1. The number of rotatable bonds is 5. The number of nitrogens with zero attached hydrogens (tertiary/aromatic N) is 2. The monoisotopic (exact) mass is 282 g/mol. The Labute approximate surface area is 116 Å². The Kier molecular flexibility index (Phi) is 5.04. The van der Waals surface area contributed by atoms with Crippen LogP contribution in [0.3, 0.4) is 0 Å². The van der Waals surface area contributed by atoms with Crippen LogP contribution in [-0.4, -0.2) is 47.9 Å². The molecule has 1 fully saturated rings. The van der Waals surface area contributed by atoms with Gasteiger partial charge >= 0.3 is 0 Å². The van der Waals surface area contributed by atoms with E-state index in [9.17, 15) is 9.59 Å². The first kappa shape index (κ1) is 14.1. The summed E-state index contributed by atoms with van der Waals surface area (Å²) in [5, 5.41) is 0.552. The maximum Gasteiger partial charge on any atom is 0.222 e. The largest absolute Gasteiger partial charge is 0.378 e. The van der Waals surface area contributed by atoms with E-state index in [0.717, 1.165) is 4.88 Å². The molecule has 0 unspecified atom stereocenters. The minimum absolute atomic E-state index is 0.0351. The summed E-state index contributed by atoms with van der Waals surface area (Å²) < 4.78 is 5.20. The third-order valence-electron chi connectivity index (χ3n) is 3.02. The minimum atomic E-state index is 0.0351. The Hall–Kier alpha value is -1.27. The van der Waals surface area contributed by atoms with Crippen molar-refractivity contribution in [3.8, 4) is 0 Å². The Morgan fingerprint density at radius 1 is 1.37 bits per heavy atom. The summed E-state index contributed by atoms with van der Waals surface area (Å²) in [5.74, 6) is 0.152. The molecule has 1 saturated heterocycles. The number of hydrogen-bond acceptors (Lipinski definition) is 5. The van der Waals surface area contributed by atoms with Crippen molar-refractivity contribution in [3.05, 3.63) is 16.1 Å². The van der Waals surface area contributed by atoms with Gasteiger partial charge in [-0.3, -0.25) is 9.59 Å². The minimum Gasteiger partial charge on any atom is -0.378 e. The summed E-state index contributed by atoms with van der Waals surface area (Å²) >= 11 is 1.41. The average molecular weight is 282 g/mol. The lowest BCUT2D eigenvalue weighted by atomic mass is 10.1. The predicted octanol–water partition coefficient (Wildman–Crippen LogP) is 1.66. The van der Waals surface area contributed by atoms with Crippen molar-refractivity contribution in [2.24, 2.45) is 0 Å². The number of aromatic nitrogens is 1. The highest BCUT2D eigenvalue weighted by atomic mass is 32.1. The van der Waals surface area contributed by atoms with Crippen molar-refractivity contribution in [1.82, 2.24) is 9.88 Å². The highest BCUT2D eigenvalue weighted by Crippen LogP contribution is 2.15. The molecule has 0 N–H and O–H groups in total. The molecule has 0 aliphatic carbocycles. The summed E-state index contributed by atoms with van der Waals surface area (Å²) in [6, 6.07) is 0. The van der Waals surface area contributed by atoms with Crippen molar-refractivity contribution in [1.29, 1.82) is 0 Å². The lowest BCUT2D eigenvalue weighted by Gasteiger charge is -2.26. The van der Waals surface area contributed by atoms with Gasteiger partial charge in [-0.05, 0) is 13.3 Å². The Morgan fingerprint density at radius 3 is 2.74 bits per heavy atom. The number of amides is 1. The van der Waals surface area contributed by atoms with Crippen LogP contribution >= 0.6 is 11.3 Å². The van der Waals surface area contributed by atoms with Gasteiger partial charge in [0.15, 0.2) is 10.8 Å². The molecule has 2 rings (SSSR count). The van der Waals surface area contributed by atoms with Gasteiger partial charge in [-0.15, -0.1) is 11.3 Å². The van der Waals surface area contributed by atoms with Gasteiger partial charge in [0.2, 0.25) is 5.91 Å². The summed E-state index contributed by atoms with van der Waals surface area (Å²) in [6.07, 6.45) is 3.11. The van der Waals surface area contributed by atoms with Gasteiger partial charge in [0.1, 0.15) is 0 Å². The van der Waals surface area contributed by atoms with E-state index in [2.05, 4.69) is 4.98 Å². The number of hydrogen-bond donors (Lipinski definition) is 0. The Morgan fingerprint density at radius 2 is 2.11 bits per heavy atom. The number of carbonyl (C=O) groups excluding carboxylic acids is 2. The highest BCUT2D eigenvalue weighted by Gasteiger charge is 2.17. The van der Waals surface area contributed by atoms with Gasteiger partial charge in [0, 0.05) is 37.0 Å². The molecule has 6 heteroatoms. The van der Waals surface area contributed by atoms with Crippen LogP contribution in [0.2, 0.25) is 0 Å². The maximum absolute atomic E-state index is 11.9. The molecular weight excluding hydrogens is 264 g/mol. The first-order valence-corrected chi connectivity index (χ1v) is 7.29. The molecule has 5 nitrogen and oxygen atoms in total. The zero-order valence-electron chi connectivity index (χ0n) is 11.1. The van der Waals surface area contributed by atoms with Crippen LogP contribution in [0.5, 0.6) is 0 Å². The normalized spacial score (nSPS) is 15.5. The third-order valence-corrected chi connectivity index (χ3v) is 3.97. The molecule has 19 heavy (non-hydrogen) atoms. The number of morpholine rings is 1. The quantitative estimate of drug-likeness (QED) is 0.771. The number of ketones is 1. The molecule has 1 aliphatic heterocycles. The van der Waals surface area contributed by atoms with Gasteiger partial charge in [0.25, 0.3) is 0 Å².